The minimum atomic E-state index is -4.03. The molecule has 5 aromatic rings. The van der Waals surface area contributed by atoms with E-state index in [1.165, 1.54) is 72.8 Å². The van der Waals surface area contributed by atoms with Crippen LogP contribution in [0, 0.1) is 5.82 Å². The molecule has 1 atom stereocenters. The van der Waals surface area contributed by atoms with Gasteiger partial charge in [0.1, 0.15) is 11.9 Å². The number of ether oxygens (including phenoxy) is 1. The number of rotatable bonds is 9. The van der Waals surface area contributed by atoms with Crippen LogP contribution in [0.25, 0.3) is 16.6 Å². The highest BCUT2D eigenvalue weighted by Crippen LogP contribution is 2.19. The Morgan fingerprint density at radius 3 is 2.33 bits per heavy atom. The van der Waals surface area contributed by atoms with Gasteiger partial charge in [-0.2, -0.15) is 0 Å². The molecule has 0 aliphatic heterocycles. The van der Waals surface area contributed by atoms with Gasteiger partial charge in [0.05, 0.1) is 46.0 Å². The van der Waals surface area contributed by atoms with Crippen molar-refractivity contribution in [3.63, 3.8) is 0 Å². The predicted molar refractivity (Wildman–Crippen MR) is 161 cm³/mol. The zero-order valence-electron chi connectivity index (χ0n) is 23.8. The summed E-state index contributed by atoms with van der Waals surface area (Å²) < 4.78 is 49.4. The Labute approximate surface area is 255 Å². The van der Waals surface area contributed by atoms with Gasteiger partial charge in [0.25, 0.3) is 21.5 Å². The third-order valence-corrected chi connectivity index (χ3v) is 8.32. The molecule has 0 radical (unpaired) electrons. The number of carbonyl (C=O) groups excluding carboxylic acids is 2. The van der Waals surface area contributed by atoms with E-state index in [1.807, 2.05) is 0 Å². The third kappa shape index (κ3) is 6.33. The predicted octanol–water partition coefficient (Wildman–Crippen LogP) is 1.93. The molecule has 0 aliphatic rings. The fourth-order valence-electron chi connectivity index (χ4n) is 4.60. The summed E-state index contributed by atoms with van der Waals surface area (Å²) in [5, 5.41) is 2.75. The number of esters is 1. The zero-order valence-corrected chi connectivity index (χ0v) is 24.6. The number of methoxy groups -OCH3 is 1. The van der Waals surface area contributed by atoms with Gasteiger partial charge >= 0.3 is 11.7 Å². The van der Waals surface area contributed by atoms with Crippen LogP contribution in [0.1, 0.15) is 15.9 Å². The van der Waals surface area contributed by atoms with Crippen LogP contribution in [0.3, 0.4) is 0 Å². The molecule has 0 saturated heterocycles. The van der Waals surface area contributed by atoms with Crippen molar-refractivity contribution < 1.29 is 27.1 Å². The molecule has 0 bridgehead atoms. The zero-order chi connectivity index (χ0) is 32.3. The first-order valence-corrected chi connectivity index (χ1v) is 14.7. The molecule has 5 rings (SSSR count). The molecular weight excluding hydrogens is 607 g/mol. The van der Waals surface area contributed by atoms with Crippen molar-refractivity contribution >= 4 is 38.5 Å². The van der Waals surface area contributed by atoms with Crippen LogP contribution in [0.5, 0.6) is 0 Å². The fourth-order valence-corrected chi connectivity index (χ4v) is 5.64. The number of carbonyl (C=O) groups is 2. The van der Waals surface area contributed by atoms with Crippen LogP contribution < -0.4 is 21.3 Å². The average molecular weight is 633 g/mol. The van der Waals surface area contributed by atoms with Gasteiger partial charge < -0.3 is 10.1 Å². The lowest BCUT2D eigenvalue weighted by Crippen LogP contribution is -2.43. The normalized spacial score (nSPS) is 12.0. The van der Waals surface area contributed by atoms with Crippen LogP contribution in [0.15, 0.2) is 99.9 Å². The minimum absolute atomic E-state index is 0.0690. The van der Waals surface area contributed by atoms with Crippen molar-refractivity contribution in [1.82, 2.24) is 24.4 Å². The first kappa shape index (κ1) is 30.7. The Balaban J connectivity index is 1.34. The maximum atomic E-state index is 15.0. The Morgan fingerprint density at radius 2 is 1.67 bits per heavy atom. The van der Waals surface area contributed by atoms with E-state index in [4.69, 9.17) is 4.74 Å². The third-order valence-electron chi connectivity index (χ3n) is 6.92. The van der Waals surface area contributed by atoms with Gasteiger partial charge in [0.15, 0.2) is 0 Å². The number of fused-ring (bicyclic) bond motifs is 1. The van der Waals surface area contributed by atoms with E-state index in [1.54, 1.807) is 12.1 Å². The molecule has 15 heteroatoms. The molecule has 0 saturated carbocycles. The number of benzene rings is 2. The standard InChI is InChI=1S/C30H25FN6O7S/c1-36-26-17-33-14-11-23(26)28(39)37(30(36)41)20-6-3-18(4-7-20)15-25(29(40)44-2)34-27(38)22-8-5-19(16-24(22)31)35-45(42,43)21-9-12-32-13-10-21/h3-14,16-17,25,35H,15H2,1-2H3,(H,34,38)/t25-/m0/s1. The van der Waals surface area contributed by atoms with E-state index in [0.29, 0.717) is 16.5 Å². The van der Waals surface area contributed by atoms with Crippen LogP contribution in [-0.4, -0.2) is 52.5 Å². The monoisotopic (exact) mass is 632 g/mol. The molecule has 3 heterocycles. The molecule has 1 amide bonds. The number of nitrogens with zero attached hydrogens (tertiary/aromatic N) is 4. The maximum Gasteiger partial charge on any atom is 0.335 e. The topological polar surface area (TPSA) is 171 Å². The first-order chi connectivity index (χ1) is 21.5. The van der Waals surface area contributed by atoms with Gasteiger partial charge in [-0.25, -0.2) is 27.0 Å². The Morgan fingerprint density at radius 1 is 0.978 bits per heavy atom. The second-order valence-electron chi connectivity index (χ2n) is 9.78. The smallest absolute Gasteiger partial charge is 0.335 e. The summed E-state index contributed by atoms with van der Waals surface area (Å²) in [5.74, 6) is -2.78. The second-order valence-corrected chi connectivity index (χ2v) is 11.5. The largest absolute Gasteiger partial charge is 0.467 e. The summed E-state index contributed by atoms with van der Waals surface area (Å²) in [6, 6.07) is 12.1. The van der Waals surface area contributed by atoms with Crippen molar-refractivity contribution in [1.29, 1.82) is 0 Å². The highest BCUT2D eigenvalue weighted by molar-refractivity contribution is 7.92. The quantitative estimate of drug-likeness (QED) is 0.231. The molecule has 0 aliphatic carbocycles. The number of halogens is 1. The second kappa shape index (κ2) is 12.5. The average Bonchev–Trinajstić information content (AvgIpc) is 3.04. The maximum absolute atomic E-state index is 15.0. The van der Waals surface area contributed by atoms with Gasteiger partial charge in [-0.3, -0.25) is 28.8 Å². The van der Waals surface area contributed by atoms with E-state index < -0.39 is 50.6 Å². The van der Waals surface area contributed by atoms with Gasteiger partial charge in [-0.15, -0.1) is 0 Å². The molecule has 2 aromatic carbocycles. The van der Waals surface area contributed by atoms with Crippen molar-refractivity contribution in [3.05, 3.63) is 123 Å². The number of nitrogens with one attached hydrogen (secondary N) is 2. The molecule has 2 N–H and O–H groups in total. The lowest BCUT2D eigenvalue weighted by Gasteiger charge is -2.18. The Bertz CT molecular complexity index is 2150. The van der Waals surface area contributed by atoms with Gasteiger partial charge in [-0.1, -0.05) is 12.1 Å². The minimum Gasteiger partial charge on any atom is -0.467 e. The van der Waals surface area contributed by atoms with Crippen molar-refractivity contribution in [2.45, 2.75) is 17.4 Å². The molecule has 0 fully saturated rings. The summed E-state index contributed by atoms with van der Waals surface area (Å²) in [7, 11) is -1.37. The number of anilines is 1. The van der Waals surface area contributed by atoms with Gasteiger partial charge in [0.2, 0.25) is 0 Å². The number of aromatic nitrogens is 4. The number of amides is 1. The number of aryl methyl sites for hydroxylation is 1. The number of pyridine rings is 2. The van der Waals surface area contributed by atoms with Crippen LogP contribution in [0.4, 0.5) is 10.1 Å². The Hall–Kier alpha value is -5.70. The van der Waals surface area contributed by atoms with Crippen molar-refractivity contribution in [3.8, 4) is 5.69 Å². The Kier molecular flexibility index (Phi) is 8.54. The van der Waals surface area contributed by atoms with E-state index in [-0.39, 0.29) is 22.7 Å². The number of hydrogen-bond donors (Lipinski definition) is 2. The molecule has 45 heavy (non-hydrogen) atoms. The van der Waals surface area contributed by atoms with E-state index in [2.05, 4.69) is 20.0 Å². The highest BCUT2D eigenvalue weighted by atomic mass is 32.2. The lowest BCUT2D eigenvalue weighted by atomic mass is 10.0. The number of hydrogen-bond acceptors (Lipinski definition) is 9. The van der Waals surface area contributed by atoms with E-state index >= 15 is 0 Å². The van der Waals surface area contributed by atoms with Crippen LogP contribution in [-0.2, 0) is 33.0 Å². The van der Waals surface area contributed by atoms with E-state index in [9.17, 15) is 32.0 Å². The summed E-state index contributed by atoms with van der Waals surface area (Å²) in [6.07, 6.45) is 5.40. The SMILES string of the molecule is COC(=O)[C@H](Cc1ccc(-n2c(=O)c3ccncc3n(C)c2=O)cc1)NC(=O)c1ccc(NS(=O)(=O)c2ccncc2)cc1F. The molecule has 230 valence electrons. The summed E-state index contributed by atoms with van der Waals surface area (Å²) in [6.45, 7) is 0. The molecule has 13 nitrogen and oxygen atoms in total. The summed E-state index contributed by atoms with van der Waals surface area (Å²) in [5.41, 5.74) is -0.467. The number of sulfonamides is 1. The first-order valence-electron chi connectivity index (χ1n) is 13.3. The van der Waals surface area contributed by atoms with Crippen LogP contribution >= 0.6 is 0 Å². The molecule has 0 unspecified atom stereocenters. The summed E-state index contributed by atoms with van der Waals surface area (Å²) in [4.78, 5) is 59.2. The lowest BCUT2D eigenvalue weighted by molar-refractivity contribution is -0.142. The van der Waals surface area contributed by atoms with Gasteiger partial charge in [-0.05, 0) is 54.1 Å². The molecular formula is C30H25FN6O7S. The molecule has 0 spiro atoms. The van der Waals surface area contributed by atoms with E-state index in [0.717, 1.165) is 23.8 Å². The van der Waals surface area contributed by atoms with Crippen LogP contribution in [0.2, 0.25) is 0 Å². The highest BCUT2D eigenvalue weighted by Gasteiger charge is 2.25. The summed E-state index contributed by atoms with van der Waals surface area (Å²) >= 11 is 0. The fraction of sp³-hybridized carbons (Fsp3) is 0.133. The molecule has 3 aromatic heterocycles. The van der Waals surface area contributed by atoms with Crippen molar-refractivity contribution in [2.75, 3.05) is 11.8 Å². The van der Waals surface area contributed by atoms with Crippen molar-refractivity contribution in [2.24, 2.45) is 7.05 Å². The van der Waals surface area contributed by atoms with Gasteiger partial charge in [0, 0.05) is 32.1 Å².